The molecular formula is C16H16ClN5O2S. The number of aryl methyl sites for hydroxylation is 2. The highest BCUT2D eigenvalue weighted by molar-refractivity contribution is 7.99. The Balaban J connectivity index is 1.58. The van der Waals surface area contributed by atoms with Crippen LogP contribution in [0.1, 0.15) is 12.5 Å². The molecule has 1 amide bonds. The summed E-state index contributed by atoms with van der Waals surface area (Å²) in [6, 6.07) is 5.35. The van der Waals surface area contributed by atoms with E-state index >= 15 is 0 Å². The summed E-state index contributed by atoms with van der Waals surface area (Å²) in [5, 5.41) is 15.8. The molecule has 0 fully saturated rings. The van der Waals surface area contributed by atoms with Crippen LogP contribution in [0, 0.1) is 6.92 Å². The SMILES string of the molecule is CCn1cc(-c2nnc(SCC(=O)Nc3cc(Cl)ccc3C)o2)cn1. The Bertz CT molecular complexity index is 892. The zero-order valence-electron chi connectivity index (χ0n) is 13.7. The van der Waals surface area contributed by atoms with Gasteiger partial charge < -0.3 is 9.73 Å². The largest absolute Gasteiger partial charge is 0.411 e. The molecule has 2 aromatic heterocycles. The molecule has 0 radical (unpaired) electrons. The minimum Gasteiger partial charge on any atom is -0.411 e. The fraction of sp³-hybridized carbons (Fsp3) is 0.250. The van der Waals surface area contributed by atoms with Gasteiger partial charge in [0, 0.05) is 23.5 Å². The number of carbonyl (C=O) groups is 1. The van der Waals surface area contributed by atoms with Gasteiger partial charge in [0.05, 0.1) is 17.5 Å². The number of halogens is 1. The van der Waals surface area contributed by atoms with E-state index in [4.69, 9.17) is 16.0 Å². The Labute approximate surface area is 153 Å². The molecule has 3 aromatic rings. The predicted molar refractivity (Wildman–Crippen MR) is 96.7 cm³/mol. The van der Waals surface area contributed by atoms with Crippen LogP contribution in [0.25, 0.3) is 11.5 Å². The second-order valence-corrected chi connectivity index (χ2v) is 6.62. The highest BCUT2D eigenvalue weighted by Gasteiger charge is 2.13. The molecule has 0 atom stereocenters. The molecule has 3 rings (SSSR count). The van der Waals surface area contributed by atoms with Crippen LogP contribution in [0.2, 0.25) is 5.02 Å². The van der Waals surface area contributed by atoms with E-state index in [9.17, 15) is 4.79 Å². The van der Waals surface area contributed by atoms with E-state index in [0.717, 1.165) is 17.7 Å². The van der Waals surface area contributed by atoms with Gasteiger partial charge in [-0.15, -0.1) is 10.2 Å². The van der Waals surface area contributed by atoms with Gasteiger partial charge in [0.1, 0.15) is 0 Å². The van der Waals surface area contributed by atoms with Gasteiger partial charge in [0.15, 0.2) is 0 Å². The fourth-order valence-electron chi connectivity index (χ4n) is 2.07. The number of nitrogens with zero attached hydrogens (tertiary/aromatic N) is 4. The van der Waals surface area contributed by atoms with Crippen LogP contribution in [-0.4, -0.2) is 31.6 Å². The average molecular weight is 378 g/mol. The summed E-state index contributed by atoms with van der Waals surface area (Å²) in [4.78, 5) is 12.1. The fourth-order valence-corrected chi connectivity index (χ4v) is 2.81. The third-order valence-corrected chi connectivity index (χ3v) is 4.46. The molecule has 0 aliphatic heterocycles. The van der Waals surface area contributed by atoms with E-state index in [1.165, 1.54) is 11.8 Å². The van der Waals surface area contributed by atoms with Crippen molar-refractivity contribution in [1.82, 2.24) is 20.0 Å². The van der Waals surface area contributed by atoms with Crippen LogP contribution in [0.4, 0.5) is 5.69 Å². The van der Waals surface area contributed by atoms with Gasteiger partial charge in [-0.1, -0.05) is 29.4 Å². The summed E-state index contributed by atoms with van der Waals surface area (Å²) in [6.45, 7) is 4.66. The van der Waals surface area contributed by atoms with Crippen molar-refractivity contribution in [3.63, 3.8) is 0 Å². The molecule has 0 saturated carbocycles. The Morgan fingerprint density at radius 3 is 3.00 bits per heavy atom. The molecule has 0 saturated heterocycles. The number of anilines is 1. The highest BCUT2D eigenvalue weighted by atomic mass is 35.5. The monoisotopic (exact) mass is 377 g/mol. The summed E-state index contributed by atoms with van der Waals surface area (Å²) in [5.74, 6) is 0.365. The Morgan fingerprint density at radius 1 is 1.40 bits per heavy atom. The van der Waals surface area contributed by atoms with Crippen molar-refractivity contribution >= 4 is 35.0 Å². The lowest BCUT2D eigenvalue weighted by Crippen LogP contribution is -2.14. The molecule has 1 N–H and O–H groups in total. The summed E-state index contributed by atoms with van der Waals surface area (Å²) in [5.41, 5.74) is 2.38. The predicted octanol–water partition coefficient (Wildman–Crippen LogP) is 3.65. The van der Waals surface area contributed by atoms with Crippen molar-refractivity contribution in [3.05, 3.63) is 41.2 Å². The zero-order chi connectivity index (χ0) is 17.8. The van der Waals surface area contributed by atoms with Crippen molar-refractivity contribution < 1.29 is 9.21 Å². The highest BCUT2D eigenvalue weighted by Crippen LogP contribution is 2.24. The van der Waals surface area contributed by atoms with E-state index < -0.39 is 0 Å². The normalized spacial score (nSPS) is 10.8. The van der Waals surface area contributed by atoms with Gasteiger partial charge >= 0.3 is 0 Å². The van der Waals surface area contributed by atoms with Gasteiger partial charge in [-0.2, -0.15) is 5.10 Å². The maximum Gasteiger partial charge on any atom is 0.277 e. The molecule has 25 heavy (non-hydrogen) atoms. The lowest BCUT2D eigenvalue weighted by molar-refractivity contribution is -0.113. The first-order chi connectivity index (χ1) is 12.0. The van der Waals surface area contributed by atoms with Crippen LogP contribution in [0.15, 0.2) is 40.2 Å². The average Bonchev–Trinajstić information content (AvgIpc) is 3.25. The Kier molecular flexibility index (Phi) is 5.40. The van der Waals surface area contributed by atoms with E-state index in [2.05, 4.69) is 20.6 Å². The van der Waals surface area contributed by atoms with Crippen LogP contribution >= 0.6 is 23.4 Å². The van der Waals surface area contributed by atoms with Gasteiger partial charge in [-0.3, -0.25) is 9.48 Å². The van der Waals surface area contributed by atoms with Crippen molar-refractivity contribution in [1.29, 1.82) is 0 Å². The van der Waals surface area contributed by atoms with Crippen molar-refractivity contribution in [2.75, 3.05) is 11.1 Å². The van der Waals surface area contributed by atoms with Crippen LogP contribution in [-0.2, 0) is 11.3 Å². The molecular weight excluding hydrogens is 362 g/mol. The number of thioether (sulfide) groups is 1. The first kappa shape index (κ1) is 17.5. The second kappa shape index (κ2) is 7.71. The van der Waals surface area contributed by atoms with E-state index in [-0.39, 0.29) is 11.7 Å². The zero-order valence-corrected chi connectivity index (χ0v) is 15.3. The third-order valence-electron chi connectivity index (χ3n) is 3.41. The molecule has 0 aliphatic rings. The molecule has 130 valence electrons. The van der Waals surface area contributed by atoms with E-state index in [1.807, 2.05) is 26.1 Å². The first-order valence-electron chi connectivity index (χ1n) is 7.60. The number of amides is 1. The molecule has 0 unspecified atom stereocenters. The second-order valence-electron chi connectivity index (χ2n) is 5.25. The Morgan fingerprint density at radius 2 is 2.24 bits per heavy atom. The molecule has 0 aliphatic carbocycles. The molecule has 0 bridgehead atoms. The molecule has 2 heterocycles. The Hall–Kier alpha value is -2.32. The smallest absolute Gasteiger partial charge is 0.277 e. The summed E-state index contributed by atoms with van der Waals surface area (Å²) in [6.07, 6.45) is 3.50. The number of hydrogen-bond donors (Lipinski definition) is 1. The lowest BCUT2D eigenvalue weighted by atomic mass is 10.2. The quantitative estimate of drug-likeness (QED) is 0.660. The molecule has 7 nitrogen and oxygen atoms in total. The van der Waals surface area contributed by atoms with Gasteiger partial charge in [0.2, 0.25) is 5.91 Å². The first-order valence-corrected chi connectivity index (χ1v) is 8.96. The van der Waals surface area contributed by atoms with Crippen LogP contribution in [0.5, 0.6) is 0 Å². The summed E-state index contributed by atoms with van der Waals surface area (Å²) in [7, 11) is 0. The number of nitrogens with one attached hydrogen (secondary N) is 1. The minimum atomic E-state index is -0.172. The number of hydrogen-bond acceptors (Lipinski definition) is 6. The maximum atomic E-state index is 12.1. The van der Waals surface area contributed by atoms with Crippen LogP contribution in [0.3, 0.4) is 0 Å². The van der Waals surface area contributed by atoms with E-state index in [1.54, 1.807) is 23.0 Å². The number of aromatic nitrogens is 4. The van der Waals surface area contributed by atoms with Crippen molar-refractivity contribution in [2.24, 2.45) is 0 Å². The topological polar surface area (TPSA) is 85.8 Å². The van der Waals surface area contributed by atoms with Gasteiger partial charge in [-0.05, 0) is 31.5 Å². The molecule has 1 aromatic carbocycles. The van der Waals surface area contributed by atoms with Gasteiger partial charge in [-0.25, -0.2) is 0 Å². The van der Waals surface area contributed by atoms with E-state index in [0.29, 0.717) is 21.8 Å². The van der Waals surface area contributed by atoms with Crippen molar-refractivity contribution in [3.8, 4) is 11.5 Å². The number of benzene rings is 1. The van der Waals surface area contributed by atoms with Gasteiger partial charge in [0.25, 0.3) is 11.1 Å². The number of carbonyl (C=O) groups excluding carboxylic acids is 1. The molecule has 0 spiro atoms. The number of rotatable bonds is 6. The summed E-state index contributed by atoms with van der Waals surface area (Å²) < 4.78 is 7.33. The summed E-state index contributed by atoms with van der Waals surface area (Å²) >= 11 is 7.12. The van der Waals surface area contributed by atoms with Crippen LogP contribution < -0.4 is 5.32 Å². The molecule has 9 heteroatoms. The van der Waals surface area contributed by atoms with Crippen molar-refractivity contribution in [2.45, 2.75) is 25.6 Å². The maximum absolute atomic E-state index is 12.1. The standard InChI is InChI=1S/C16H16ClN5O2S/c1-3-22-8-11(7-18-22)15-20-21-16(24-15)25-9-14(23)19-13-6-12(17)5-4-10(13)2/h4-8H,3,9H2,1-2H3,(H,19,23). The third kappa shape index (κ3) is 4.40. The lowest BCUT2D eigenvalue weighted by Gasteiger charge is -2.07. The minimum absolute atomic E-state index is 0.155.